The number of methoxy groups -OCH3 is 1. The number of hydrogen-bond donors (Lipinski definition) is 1. The Morgan fingerprint density at radius 1 is 1.22 bits per heavy atom. The molecule has 1 aromatic carbocycles. The first kappa shape index (κ1) is 12.2. The molecule has 0 bridgehead atoms. The number of hydrogen-bond acceptors (Lipinski definition) is 2. The van der Waals surface area contributed by atoms with Gasteiger partial charge in [-0.3, -0.25) is 0 Å². The lowest BCUT2D eigenvalue weighted by Gasteiger charge is -2.44. The molecule has 0 radical (unpaired) electrons. The van der Waals surface area contributed by atoms with E-state index in [0.29, 0.717) is 0 Å². The van der Waals surface area contributed by atoms with Gasteiger partial charge in [0, 0.05) is 13.5 Å². The molecule has 0 saturated heterocycles. The summed E-state index contributed by atoms with van der Waals surface area (Å²) in [6.45, 7) is 0. The number of aryl methyl sites for hydroxylation is 2. The summed E-state index contributed by atoms with van der Waals surface area (Å²) in [5, 5.41) is 10.4. The molecular weight excluding hydrogens is 224 g/mol. The van der Waals surface area contributed by atoms with E-state index in [0.717, 1.165) is 19.3 Å². The Morgan fingerprint density at radius 3 is 2.67 bits per heavy atom. The van der Waals surface area contributed by atoms with Gasteiger partial charge in [-0.05, 0) is 55.2 Å². The third kappa shape index (κ3) is 1.98. The van der Waals surface area contributed by atoms with Crippen LogP contribution in [0.4, 0.5) is 0 Å². The molecule has 1 saturated carbocycles. The molecule has 0 amide bonds. The third-order valence-electron chi connectivity index (χ3n) is 4.81. The van der Waals surface area contributed by atoms with Gasteiger partial charge < -0.3 is 9.84 Å². The van der Waals surface area contributed by atoms with Crippen LogP contribution in [0.1, 0.15) is 42.4 Å². The number of aliphatic hydroxyl groups is 1. The summed E-state index contributed by atoms with van der Waals surface area (Å²) in [5.41, 5.74) is 3.98. The summed E-state index contributed by atoms with van der Waals surface area (Å²) in [7, 11) is 1.73. The van der Waals surface area contributed by atoms with Gasteiger partial charge in [-0.1, -0.05) is 18.2 Å². The van der Waals surface area contributed by atoms with Crippen LogP contribution in [0.2, 0.25) is 0 Å². The average Bonchev–Trinajstić information content (AvgIpc) is 2.75. The van der Waals surface area contributed by atoms with Gasteiger partial charge >= 0.3 is 0 Å². The monoisotopic (exact) mass is 246 g/mol. The second-order valence-electron chi connectivity index (χ2n) is 5.80. The predicted molar refractivity (Wildman–Crippen MR) is 71.8 cm³/mol. The fourth-order valence-corrected chi connectivity index (χ4v) is 3.36. The highest BCUT2D eigenvalue weighted by molar-refractivity contribution is 5.35. The molecule has 2 nitrogen and oxygen atoms in total. The van der Waals surface area contributed by atoms with E-state index in [-0.39, 0.29) is 11.7 Å². The number of rotatable bonds is 4. The van der Waals surface area contributed by atoms with E-state index in [1.54, 1.807) is 7.11 Å². The second-order valence-corrected chi connectivity index (χ2v) is 5.80. The van der Waals surface area contributed by atoms with Gasteiger partial charge in [0.05, 0.1) is 11.7 Å². The van der Waals surface area contributed by atoms with Crippen molar-refractivity contribution in [2.45, 2.75) is 56.7 Å². The quantitative estimate of drug-likeness (QED) is 0.885. The SMILES string of the molecule is COC1(C(O)Cc2ccc3c(c2)CCC3)CCC1. The predicted octanol–water partition coefficient (Wildman–Crippen LogP) is 2.65. The molecule has 1 aromatic rings. The van der Waals surface area contributed by atoms with E-state index in [1.807, 2.05) is 0 Å². The molecule has 0 aliphatic heterocycles. The summed E-state index contributed by atoms with van der Waals surface area (Å²) in [4.78, 5) is 0. The summed E-state index contributed by atoms with van der Waals surface area (Å²) < 4.78 is 5.55. The zero-order valence-electron chi connectivity index (χ0n) is 11.1. The van der Waals surface area contributed by atoms with Crippen LogP contribution < -0.4 is 0 Å². The molecule has 0 aromatic heterocycles. The Kier molecular flexibility index (Phi) is 3.16. The maximum atomic E-state index is 10.4. The molecule has 1 unspecified atom stereocenters. The van der Waals surface area contributed by atoms with Gasteiger partial charge in [0.15, 0.2) is 0 Å². The van der Waals surface area contributed by atoms with Crippen LogP contribution in [0.25, 0.3) is 0 Å². The molecule has 2 aliphatic carbocycles. The fraction of sp³-hybridized carbons (Fsp3) is 0.625. The topological polar surface area (TPSA) is 29.5 Å². The van der Waals surface area contributed by atoms with Crippen LogP contribution in [0.3, 0.4) is 0 Å². The maximum Gasteiger partial charge on any atom is 0.0939 e. The first-order chi connectivity index (χ1) is 8.73. The van der Waals surface area contributed by atoms with Crippen molar-refractivity contribution >= 4 is 0 Å². The highest BCUT2D eigenvalue weighted by atomic mass is 16.5. The minimum Gasteiger partial charge on any atom is -0.390 e. The van der Waals surface area contributed by atoms with E-state index >= 15 is 0 Å². The molecule has 1 atom stereocenters. The summed E-state index contributed by atoms with van der Waals surface area (Å²) >= 11 is 0. The van der Waals surface area contributed by atoms with E-state index in [1.165, 1.54) is 42.4 Å². The largest absolute Gasteiger partial charge is 0.390 e. The molecule has 3 rings (SSSR count). The molecule has 1 N–H and O–H groups in total. The van der Waals surface area contributed by atoms with Gasteiger partial charge in [0.1, 0.15) is 0 Å². The summed E-state index contributed by atoms with van der Waals surface area (Å²) in [6.07, 6.45) is 7.23. The van der Waals surface area contributed by atoms with E-state index < -0.39 is 0 Å². The lowest BCUT2D eigenvalue weighted by atomic mass is 9.74. The van der Waals surface area contributed by atoms with Crippen molar-refractivity contribution in [2.75, 3.05) is 7.11 Å². The zero-order valence-corrected chi connectivity index (χ0v) is 11.1. The van der Waals surface area contributed by atoms with Crippen LogP contribution in [-0.4, -0.2) is 23.9 Å². The van der Waals surface area contributed by atoms with E-state index in [4.69, 9.17) is 4.74 Å². The molecule has 0 heterocycles. The molecule has 1 fully saturated rings. The van der Waals surface area contributed by atoms with Gasteiger partial charge in [-0.25, -0.2) is 0 Å². The first-order valence-electron chi connectivity index (χ1n) is 7.07. The van der Waals surface area contributed by atoms with Crippen molar-refractivity contribution < 1.29 is 9.84 Å². The van der Waals surface area contributed by atoms with Crippen LogP contribution in [0, 0.1) is 0 Å². The Morgan fingerprint density at radius 2 is 2.00 bits per heavy atom. The van der Waals surface area contributed by atoms with Crippen LogP contribution in [0.5, 0.6) is 0 Å². The van der Waals surface area contributed by atoms with Crippen molar-refractivity contribution in [3.05, 3.63) is 34.9 Å². The van der Waals surface area contributed by atoms with Crippen molar-refractivity contribution in [3.63, 3.8) is 0 Å². The van der Waals surface area contributed by atoms with E-state index in [9.17, 15) is 5.11 Å². The Labute approximate surface area is 109 Å². The highest BCUT2D eigenvalue weighted by Crippen LogP contribution is 2.39. The smallest absolute Gasteiger partial charge is 0.0939 e. The number of ether oxygens (including phenoxy) is 1. The molecule has 18 heavy (non-hydrogen) atoms. The van der Waals surface area contributed by atoms with Crippen molar-refractivity contribution in [3.8, 4) is 0 Å². The third-order valence-corrected chi connectivity index (χ3v) is 4.81. The minimum atomic E-state index is -0.365. The minimum absolute atomic E-state index is 0.265. The lowest BCUT2D eigenvalue weighted by Crippen LogP contribution is -2.50. The van der Waals surface area contributed by atoms with Crippen LogP contribution in [0.15, 0.2) is 18.2 Å². The maximum absolute atomic E-state index is 10.4. The second kappa shape index (κ2) is 4.67. The Hall–Kier alpha value is -0.860. The fourth-order valence-electron chi connectivity index (χ4n) is 3.36. The Bertz CT molecular complexity index is 429. The summed E-state index contributed by atoms with van der Waals surface area (Å²) in [6, 6.07) is 6.70. The van der Waals surface area contributed by atoms with Crippen molar-refractivity contribution in [2.24, 2.45) is 0 Å². The first-order valence-corrected chi connectivity index (χ1v) is 7.07. The molecule has 98 valence electrons. The normalized spacial score (nSPS) is 22.3. The molecule has 0 spiro atoms. The highest BCUT2D eigenvalue weighted by Gasteiger charge is 2.43. The molecule has 2 heteroatoms. The number of benzene rings is 1. The van der Waals surface area contributed by atoms with Crippen molar-refractivity contribution in [1.29, 1.82) is 0 Å². The number of aliphatic hydroxyl groups excluding tert-OH is 1. The molecular formula is C16H22O2. The van der Waals surface area contributed by atoms with Crippen molar-refractivity contribution in [1.82, 2.24) is 0 Å². The number of fused-ring (bicyclic) bond motifs is 1. The zero-order chi connectivity index (χ0) is 12.6. The average molecular weight is 246 g/mol. The van der Waals surface area contributed by atoms with Gasteiger partial charge in [0.2, 0.25) is 0 Å². The Balaban J connectivity index is 1.72. The lowest BCUT2D eigenvalue weighted by molar-refractivity contribution is -0.148. The van der Waals surface area contributed by atoms with Gasteiger partial charge in [-0.15, -0.1) is 0 Å². The van der Waals surface area contributed by atoms with Crippen LogP contribution >= 0.6 is 0 Å². The molecule has 2 aliphatic rings. The van der Waals surface area contributed by atoms with E-state index in [2.05, 4.69) is 18.2 Å². The van der Waals surface area contributed by atoms with Gasteiger partial charge in [-0.2, -0.15) is 0 Å². The standard InChI is InChI=1S/C16H22O2/c1-18-16(8-3-9-16)15(17)11-12-6-7-13-4-2-5-14(13)10-12/h6-7,10,15,17H,2-5,8-9,11H2,1H3. The summed E-state index contributed by atoms with van der Waals surface area (Å²) in [5.74, 6) is 0. The van der Waals surface area contributed by atoms with Crippen LogP contribution in [-0.2, 0) is 24.0 Å². The van der Waals surface area contributed by atoms with Gasteiger partial charge in [0.25, 0.3) is 0 Å².